The quantitative estimate of drug-likeness (QED) is 0.864. The molecule has 1 aromatic carbocycles. The fourth-order valence-electron chi connectivity index (χ4n) is 1.79. The van der Waals surface area contributed by atoms with Crippen LogP contribution in [0, 0.1) is 0 Å². The highest BCUT2D eigenvalue weighted by Crippen LogP contribution is 2.13. The summed E-state index contributed by atoms with van der Waals surface area (Å²) in [5.41, 5.74) is 1.59. The van der Waals surface area contributed by atoms with Gasteiger partial charge >= 0.3 is 0 Å². The number of amides is 1. The van der Waals surface area contributed by atoms with Gasteiger partial charge in [0.05, 0.1) is 12.2 Å². The number of carbonyl (C=O) groups excluding carboxylic acids is 1. The van der Waals surface area contributed by atoms with Crippen molar-refractivity contribution in [2.24, 2.45) is 0 Å². The average Bonchev–Trinajstić information content (AvgIpc) is 2.46. The molecule has 0 aliphatic rings. The van der Waals surface area contributed by atoms with E-state index in [-0.39, 0.29) is 5.91 Å². The largest absolute Gasteiger partial charge is 0.333 e. The van der Waals surface area contributed by atoms with Gasteiger partial charge in [-0.2, -0.15) is 0 Å². The summed E-state index contributed by atoms with van der Waals surface area (Å²) in [6.07, 6.45) is 1.74. The smallest absolute Gasteiger partial charge is 0.254 e. The Labute approximate surface area is 121 Å². The Kier molecular flexibility index (Phi) is 4.68. The molecule has 0 aliphatic heterocycles. The first kappa shape index (κ1) is 13.7. The van der Waals surface area contributed by atoms with Crippen molar-refractivity contribution in [1.82, 2.24) is 9.88 Å². The van der Waals surface area contributed by atoms with Crippen LogP contribution in [0.3, 0.4) is 0 Å². The number of rotatable bonds is 4. The van der Waals surface area contributed by atoms with E-state index in [1.165, 1.54) is 0 Å². The summed E-state index contributed by atoms with van der Waals surface area (Å²) in [5.74, 6) is 0.0284. The van der Waals surface area contributed by atoms with E-state index in [0.29, 0.717) is 18.7 Å². The van der Waals surface area contributed by atoms with Gasteiger partial charge in [0, 0.05) is 22.8 Å². The zero-order valence-corrected chi connectivity index (χ0v) is 12.3. The highest BCUT2D eigenvalue weighted by molar-refractivity contribution is 9.10. The van der Waals surface area contributed by atoms with Crippen LogP contribution in [0.2, 0.25) is 0 Å². The highest BCUT2D eigenvalue weighted by Gasteiger charge is 2.14. The van der Waals surface area contributed by atoms with Crippen molar-refractivity contribution in [2.75, 3.05) is 6.54 Å². The second-order valence-electron chi connectivity index (χ2n) is 4.15. The van der Waals surface area contributed by atoms with Crippen LogP contribution in [-0.4, -0.2) is 22.3 Å². The third-order valence-electron chi connectivity index (χ3n) is 2.84. The Morgan fingerprint density at radius 1 is 1.21 bits per heavy atom. The molecule has 0 aliphatic carbocycles. The molecular formula is C15H15BrN2O. The SMILES string of the molecule is CCN(Cc1ccccn1)C(=O)c1ccc(Br)cc1. The summed E-state index contributed by atoms with van der Waals surface area (Å²) in [5, 5.41) is 0. The molecule has 4 heteroatoms. The van der Waals surface area contributed by atoms with Crippen molar-refractivity contribution >= 4 is 21.8 Å². The Morgan fingerprint density at radius 3 is 2.53 bits per heavy atom. The molecule has 1 aromatic heterocycles. The van der Waals surface area contributed by atoms with E-state index >= 15 is 0 Å². The molecule has 0 radical (unpaired) electrons. The van der Waals surface area contributed by atoms with Gasteiger partial charge in [0.2, 0.25) is 0 Å². The topological polar surface area (TPSA) is 33.2 Å². The van der Waals surface area contributed by atoms with Crippen molar-refractivity contribution in [1.29, 1.82) is 0 Å². The van der Waals surface area contributed by atoms with Crippen molar-refractivity contribution in [3.05, 3.63) is 64.4 Å². The van der Waals surface area contributed by atoms with Crippen LogP contribution in [-0.2, 0) is 6.54 Å². The van der Waals surface area contributed by atoms with Crippen LogP contribution in [0.1, 0.15) is 23.0 Å². The summed E-state index contributed by atoms with van der Waals surface area (Å²) in [6.45, 7) is 3.16. The monoisotopic (exact) mass is 318 g/mol. The van der Waals surface area contributed by atoms with Gasteiger partial charge in [0.15, 0.2) is 0 Å². The third-order valence-corrected chi connectivity index (χ3v) is 3.37. The van der Waals surface area contributed by atoms with E-state index in [1.807, 2.05) is 49.4 Å². The van der Waals surface area contributed by atoms with E-state index in [0.717, 1.165) is 10.2 Å². The second-order valence-corrected chi connectivity index (χ2v) is 5.06. The number of halogens is 1. The minimum Gasteiger partial charge on any atom is -0.333 e. The van der Waals surface area contributed by atoms with Gasteiger partial charge in [0.25, 0.3) is 5.91 Å². The van der Waals surface area contributed by atoms with Crippen LogP contribution in [0.5, 0.6) is 0 Å². The van der Waals surface area contributed by atoms with Crippen LogP contribution in [0.4, 0.5) is 0 Å². The summed E-state index contributed by atoms with van der Waals surface area (Å²) < 4.78 is 0.969. The summed E-state index contributed by atoms with van der Waals surface area (Å²) in [6, 6.07) is 13.1. The Morgan fingerprint density at radius 2 is 1.95 bits per heavy atom. The van der Waals surface area contributed by atoms with Crippen molar-refractivity contribution in [3.63, 3.8) is 0 Å². The zero-order valence-electron chi connectivity index (χ0n) is 10.7. The van der Waals surface area contributed by atoms with Crippen molar-refractivity contribution < 1.29 is 4.79 Å². The molecule has 0 fully saturated rings. The molecule has 1 heterocycles. The van der Waals surface area contributed by atoms with E-state index < -0.39 is 0 Å². The summed E-state index contributed by atoms with van der Waals surface area (Å²) >= 11 is 3.37. The second kappa shape index (κ2) is 6.48. The van der Waals surface area contributed by atoms with E-state index in [4.69, 9.17) is 0 Å². The number of hydrogen-bond acceptors (Lipinski definition) is 2. The van der Waals surface area contributed by atoms with Crippen molar-refractivity contribution in [2.45, 2.75) is 13.5 Å². The number of hydrogen-bond donors (Lipinski definition) is 0. The fourth-order valence-corrected chi connectivity index (χ4v) is 2.05. The maximum absolute atomic E-state index is 12.4. The number of pyridine rings is 1. The predicted molar refractivity (Wildman–Crippen MR) is 78.8 cm³/mol. The van der Waals surface area contributed by atoms with E-state index in [2.05, 4.69) is 20.9 Å². The van der Waals surface area contributed by atoms with E-state index in [1.54, 1.807) is 11.1 Å². The van der Waals surface area contributed by atoms with Gasteiger partial charge in [-0.15, -0.1) is 0 Å². The Bertz CT molecular complexity index is 540. The first-order valence-electron chi connectivity index (χ1n) is 6.15. The van der Waals surface area contributed by atoms with Gasteiger partial charge in [-0.25, -0.2) is 0 Å². The molecule has 2 aromatic rings. The standard InChI is InChI=1S/C15H15BrN2O/c1-2-18(11-14-5-3-4-10-17-14)15(19)12-6-8-13(16)9-7-12/h3-10H,2,11H2,1H3. The van der Waals surface area contributed by atoms with E-state index in [9.17, 15) is 4.79 Å². The van der Waals surface area contributed by atoms with Gasteiger partial charge in [-0.05, 0) is 43.3 Å². The molecule has 0 saturated heterocycles. The van der Waals surface area contributed by atoms with Gasteiger partial charge in [0.1, 0.15) is 0 Å². The zero-order chi connectivity index (χ0) is 13.7. The average molecular weight is 319 g/mol. The minimum atomic E-state index is 0.0284. The minimum absolute atomic E-state index is 0.0284. The lowest BCUT2D eigenvalue weighted by molar-refractivity contribution is 0.0750. The maximum atomic E-state index is 12.4. The molecule has 0 atom stereocenters. The lowest BCUT2D eigenvalue weighted by Crippen LogP contribution is -2.30. The number of aromatic nitrogens is 1. The number of benzene rings is 1. The van der Waals surface area contributed by atoms with Crippen molar-refractivity contribution in [3.8, 4) is 0 Å². The molecule has 0 saturated carbocycles. The molecule has 19 heavy (non-hydrogen) atoms. The highest BCUT2D eigenvalue weighted by atomic mass is 79.9. The lowest BCUT2D eigenvalue weighted by atomic mass is 10.2. The Hall–Kier alpha value is -1.68. The molecule has 0 spiro atoms. The first-order chi connectivity index (χ1) is 9.20. The molecule has 1 amide bonds. The van der Waals surface area contributed by atoms with Gasteiger partial charge < -0.3 is 4.90 Å². The summed E-state index contributed by atoms with van der Waals surface area (Å²) in [7, 11) is 0. The lowest BCUT2D eigenvalue weighted by Gasteiger charge is -2.20. The van der Waals surface area contributed by atoms with Crippen LogP contribution in [0.25, 0.3) is 0 Å². The van der Waals surface area contributed by atoms with Crippen LogP contribution >= 0.6 is 15.9 Å². The molecule has 0 bridgehead atoms. The Balaban J connectivity index is 2.13. The third kappa shape index (κ3) is 3.64. The first-order valence-corrected chi connectivity index (χ1v) is 6.94. The molecule has 0 unspecified atom stereocenters. The molecular weight excluding hydrogens is 304 g/mol. The maximum Gasteiger partial charge on any atom is 0.254 e. The summed E-state index contributed by atoms with van der Waals surface area (Å²) in [4.78, 5) is 18.4. The van der Waals surface area contributed by atoms with Crippen LogP contribution in [0.15, 0.2) is 53.1 Å². The van der Waals surface area contributed by atoms with Gasteiger partial charge in [-0.3, -0.25) is 9.78 Å². The molecule has 0 N–H and O–H groups in total. The number of carbonyl (C=O) groups is 1. The molecule has 2 rings (SSSR count). The predicted octanol–water partition coefficient (Wildman–Crippen LogP) is 3.51. The molecule has 3 nitrogen and oxygen atoms in total. The van der Waals surface area contributed by atoms with Gasteiger partial charge in [-0.1, -0.05) is 22.0 Å². The number of nitrogens with zero attached hydrogens (tertiary/aromatic N) is 2. The fraction of sp³-hybridized carbons (Fsp3) is 0.200. The normalized spacial score (nSPS) is 10.2. The molecule has 98 valence electrons. The van der Waals surface area contributed by atoms with Crippen LogP contribution < -0.4 is 0 Å².